The van der Waals surface area contributed by atoms with Crippen LogP contribution in [0.2, 0.25) is 0 Å². The third-order valence-electron chi connectivity index (χ3n) is 2.86. The van der Waals surface area contributed by atoms with Gasteiger partial charge in [0.15, 0.2) is 0 Å². The molecular formula is C10H12N2O. The maximum absolute atomic E-state index is 11.1. The Labute approximate surface area is 77.4 Å². The maximum atomic E-state index is 11.1. The fourth-order valence-corrected chi connectivity index (χ4v) is 2.28. The molecule has 1 saturated carbocycles. The van der Waals surface area contributed by atoms with Crippen LogP contribution in [0.4, 0.5) is 0 Å². The van der Waals surface area contributed by atoms with Crippen molar-refractivity contribution >= 4 is 5.91 Å². The Bertz CT molecular complexity index is 290. The Morgan fingerprint density at radius 2 is 2.38 bits per heavy atom. The Hall–Kier alpha value is -1.30. The first-order valence-corrected chi connectivity index (χ1v) is 4.64. The third kappa shape index (κ3) is 1.57. The summed E-state index contributed by atoms with van der Waals surface area (Å²) < 4.78 is 0. The largest absolute Gasteiger partial charge is 0.352 e. The summed E-state index contributed by atoms with van der Waals surface area (Å²) in [5, 5.41) is 11.2. The minimum Gasteiger partial charge on any atom is -0.352 e. The second-order valence-electron chi connectivity index (χ2n) is 3.79. The highest BCUT2D eigenvalue weighted by Gasteiger charge is 2.36. The predicted molar refractivity (Wildman–Crippen MR) is 47.5 cm³/mol. The van der Waals surface area contributed by atoms with Crippen molar-refractivity contribution in [3.63, 3.8) is 0 Å². The van der Waals surface area contributed by atoms with Gasteiger partial charge in [-0.05, 0) is 24.7 Å². The molecule has 0 aromatic heterocycles. The Morgan fingerprint density at radius 1 is 1.54 bits per heavy atom. The molecule has 3 nitrogen and oxygen atoms in total. The van der Waals surface area contributed by atoms with Crippen molar-refractivity contribution in [3.8, 4) is 6.07 Å². The molecule has 0 heterocycles. The third-order valence-corrected chi connectivity index (χ3v) is 2.86. The van der Waals surface area contributed by atoms with Crippen LogP contribution in [0.1, 0.15) is 19.3 Å². The molecular weight excluding hydrogens is 164 g/mol. The molecule has 0 radical (unpaired) electrons. The molecule has 2 bridgehead atoms. The number of nitrogens with one attached hydrogen (secondary N) is 1. The second kappa shape index (κ2) is 3.21. The Balaban J connectivity index is 1.87. The van der Waals surface area contributed by atoms with Gasteiger partial charge in [-0.3, -0.25) is 4.79 Å². The highest BCUT2D eigenvalue weighted by Crippen LogP contribution is 2.38. The van der Waals surface area contributed by atoms with Gasteiger partial charge in [0.25, 0.3) is 0 Å². The first-order valence-electron chi connectivity index (χ1n) is 4.64. The molecule has 3 heteroatoms. The van der Waals surface area contributed by atoms with E-state index in [1.54, 1.807) is 0 Å². The summed E-state index contributed by atoms with van der Waals surface area (Å²) in [5.41, 5.74) is 0. The minimum atomic E-state index is -0.131. The van der Waals surface area contributed by atoms with Gasteiger partial charge in [-0.15, -0.1) is 0 Å². The van der Waals surface area contributed by atoms with Crippen LogP contribution < -0.4 is 5.32 Å². The van der Waals surface area contributed by atoms with Crippen molar-refractivity contribution in [2.75, 3.05) is 0 Å². The number of allylic oxidation sites excluding steroid dienone is 1. The van der Waals surface area contributed by atoms with Gasteiger partial charge in [-0.1, -0.05) is 12.2 Å². The van der Waals surface area contributed by atoms with E-state index in [1.165, 1.54) is 6.42 Å². The van der Waals surface area contributed by atoms with Crippen molar-refractivity contribution in [1.29, 1.82) is 5.26 Å². The van der Waals surface area contributed by atoms with Gasteiger partial charge in [0.2, 0.25) is 5.91 Å². The van der Waals surface area contributed by atoms with Crippen LogP contribution in [0.15, 0.2) is 12.2 Å². The lowest BCUT2D eigenvalue weighted by Crippen LogP contribution is -2.37. The summed E-state index contributed by atoms with van der Waals surface area (Å²) in [7, 11) is 0. The van der Waals surface area contributed by atoms with E-state index in [-0.39, 0.29) is 18.4 Å². The van der Waals surface area contributed by atoms with E-state index in [9.17, 15) is 4.79 Å². The standard InChI is InChI=1S/C10H12N2O/c11-4-3-10(13)12-9-6-7-1-2-8(9)5-7/h1-2,7-9H,3,5-6H2,(H,12,13). The van der Waals surface area contributed by atoms with Crippen molar-refractivity contribution in [1.82, 2.24) is 5.32 Å². The summed E-state index contributed by atoms with van der Waals surface area (Å²) in [6, 6.07) is 2.14. The number of rotatable bonds is 2. The first-order chi connectivity index (χ1) is 6.29. The normalized spacial score (nSPS) is 34.5. The number of fused-ring (bicyclic) bond motifs is 2. The average Bonchev–Trinajstić information content (AvgIpc) is 2.65. The first kappa shape index (κ1) is 8.31. The lowest BCUT2D eigenvalue weighted by atomic mass is 10.0. The summed E-state index contributed by atoms with van der Waals surface area (Å²) in [4.78, 5) is 11.1. The molecule has 2 aliphatic rings. The van der Waals surface area contributed by atoms with E-state index in [2.05, 4.69) is 17.5 Å². The highest BCUT2D eigenvalue weighted by molar-refractivity contribution is 5.78. The molecule has 0 aromatic carbocycles. The molecule has 2 rings (SSSR count). The molecule has 2 aliphatic carbocycles. The van der Waals surface area contributed by atoms with Gasteiger partial charge >= 0.3 is 0 Å². The molecule has 1 N–H and O–H groups in total. The fourth-order valence-electron chi connectivity index (χ4n) is 2.28. The number of hydrogen-bond donors (Lipinski definition) is 1. The zero-order valence-corrected chi connectivity index (χ0v) is 7.36. The minimum absolute atomic E-state index is 0.0163. The zero-order valence-electron chi connectivity index (χ0n) is 7.36. The molecule has 0 aromatic rings. The topological polar surface area (TPSA) is 52.9 Å². The number of hydrogen-bond acceptors (Lipinski definition) is 2. The van der Waals surface area contributed by atoms with Gasteiger partial charge < -0.3 is 5.32 Å². The quantitative estimate of drug-likeness (QED) is 0.638. The van der Waals surface area contributed by atoms with Crippen LogP contribution in [0, 0.1) is 23.2 Å². The van der Waals surface area contributed by atoms with E-state index in [4.69, 9.17) is 5.26 Å². The van der Waals surface area contributed by atoms with E-state index in [0.29, 0.717) is 11.8 Å². The molecule has 0 aliphatic heterocycles. The molecule has 3 unspecified atom stereocenters. The summed E-state index contributed by atoms with van der Waals surface area (Å²) in [6.07, 6.45) is 6.64. The number of amides is 1. The van der Waals surface area contributed by atoms with Crippen LogP contribution in [0.25, 0.3) is 0 Å². The monoisotopic (exact) mass is 176 g/mol. The van der Waals surface area contributed by atoms with Gasteiger partial charge in [0.1, 0.15) is 6.42 Å². The van der Waals surface area contributed by atoms with Crippen molar-refractivity contribution in [2.24, 2.45) is 11.8 Å². The molecule has 13 heavy (non-hydrogen) atoms. The molecule has 68 valence electrons. The smallest absolute Gasteiger partial charge is 0.234 e. The van der Waals surface area contributed by atoms with Gasteiger partial charge in [0.05, 0.1) is 6.07 Å². The fraction of sp³-hybridized carbons (Fsp3) is 0.600. The zero-order chi connectivity index (χ0) is 9.26. The van der Waals surface area contributed by atoms with E-state index >= 15 is 0 Å². The highest BCUT2D eigenvalue weighted by atomic mass is 16.1. The van der Waals surface area contributed by atoms with Gasteiger partial charge in [-0.25, -0.2) is 0 Å². The number of nitriles is 1. The molecule has 0 saturated heterocycles. The molecule has 1 amide bonds. The van der Waals surface area contributed by atoms with Crippen LogP contribution in [-0.4, -0.2) is 11.9 Å². The molecule has 3 atom stereocenters. The van der Waals surface area contributed by atoms with E-state index < -0.39 is 0 Å². The molecule has 0 spiro atoms. The second-order valence-corrected chi connectivity index (χ2v) is 3.79. The average molecular weight is 176 g/mol. The van der Waals surface area contributed by atoms with Crippen molar-refractivity contribution in [2.45, 2.75) is 25.3 Å². The summed E-state index contributed by atoms with van der Waals surface area (Å²) >= 11 is 0. The number of nitrogens with zero attached hydrogens (tertiary/aromatic N) is 1. The van der Waals surface area contributed by atoms with Crippen molar-refractivity contribution in [3.05, 3.63) is 12.2 Å². The van der Waals surface area contributed by atoms with Crippen LogP contribution in [-0.2, 0) is 4.79 Å². The van der Waals surface area contributed by atoms with E-state index in [1.807, 2.05) is 6.07 Å². The van der Waals surface area contributed by atoms with Gasteiger partial charge in [-0.2, -0.15) is 5.26 Å². The number of carbonyl (C=O) groups is 1. The van der Waals surface area contributed by atoms with Crippen LogP contribution >= 0.6 is 0 Å². The summed E-state index contributed by atoms with van der Waals surface area (Å²) in [6.45, 7) is 0. The van der Waals surface area contributed by atoms with Crippen LogP contribution in [0.5, 0.6) is 0 Å². The maximum Gasteiger partial charge on any atom is 0.234 e. The Morgan fingerprint density at radius 3 is 2.92 bits per heavy atom. The van der Waals surface area contributed by atoms with Crippen molar-refractivity contribution < 1.29 is 4.79 Å². The predicted octanol–water partition coefficient (Wildman–Crippen LogP) is 0.981. The lowest BCUT2D eigenvalue weighted by molar-refractivity contribution is -0.121. The Kier molecular flexibility index (Phi) is 2.05. The lowest BCUT2D eigenvalue weighted by Gasteiger charge is -2.18. The van der Waals surface area contributed by atoms with Gasteiger partial charge in [0, 0.05) is 6.04 Å². The number of carbonyl (C=O) groups excluding carboxylic acids is 1. The molecule has 1 fully saturated rings. The van der Waals surface area contributed by atoms with Crippen LogP contribution in [0.3, 0.4) is 0 Å². The SMILES string of the molecule is N#CCC(=O)NC1CC2C=CC1C2. The summed E-state index contributed by atoms with van der Waals surface area (Å²) in [5.74, 6) is 1.05. The van der Waals surface area contributed by atoms with E-state index in [0.717, 1.165) is 6.42 Å².